The predicted molar refractivity (Wildman–Crippen MR) is 216 cm³/mol. The maximum atomic E-state index is 13.9. The van der Waals surface area contributed by atoms with Crippen molar-refractivity contribution < 1.29 is 48.0 Å². The highest BCUT2D eigenvalue weighted by molar-refractivity contribution is 7.13. The Hall–Kier alpha value is -3.71. The minimum Gasteiger partial charge on any atom is -0.444 e. The molecule has 0 aliphatic carbocycles. The molecule has 17 heteroatoms. The van der Waals surface area contributed by atoms with E-state index in [1.807, 2.05) is 78.2 Å². The topological polar surface area (TPSA) is 204 Å². The lowest BCUT2D eigenvalue weighted by Gasteiger charge is -2.35. The molecule has 1 aliphatic heterocycles. The maximum absolute atomic E-state index is 13.9. The Morgan fingerprint density at radius 3 is 2.09 bits per heavy atom. The quantitative estimate of drug-likeness (QED) is 0.120. The minimum atomic E-state index is -0.933. The number of nitrogens with two attached hydrogens (primary N) is 1. The summed E-state index contributed by atoms with van der Waals surface area (Å²) in [6.45, 7) is 16.6. The van der Waals surface area contributed by atoms with Gasteiger partial charge in [0.05, 0.1) is 75.0 Å². The molecule has 0 spiro atoms. The molecule has 1 aromatic heterocycles. The van der Waals surface area contributed by atoms with Gasteiger partial charge in [0.1, 0.15) is 17.7 Å². The van der Waals surface area contributed by atoms with Crippen LogP contribution in [-0.2, 0) is 44.6 Å². The van der Waals surface area contributed by atoms with Gasteiger partial charge in [-0.05, 0) is 44.2 Å². The zero-order valence-corrected chi connectivity index (χ0v) is 35.5. The molecule has 1 saturated heterocycles. The number of aliphatic hydroxyl groups is 1. The van der Waals surface area contributed by atoms with E-state index in [4.69, 9.17) is 29.4 Å². The molecule has 3 atom stereocenters. The number of rotatable bonds is 23. The van der Waals surface area contributed by atoms with Crippen LogP contribution in [0.25, 0.3) is 10.4 Å². The van der Waals surface area contributed by atoms with Crippen LogP contribution in [0.5, 0.6) is 0 Å². The number of carbonyl (C=O) groups is 4. The molecule has 3 unspecified atom stereocenters. The monoisotopic (exact) mass is 820 g/mol. The summed E-state index contributed by atoms with van der Waals surface area (Å²) in [4.78, 5) is 61.1. The molecule has 0 bridgehead atoms. The van der Waals surface area contributed by atoms with E-state index in [1.54, 1.807) is 11.3 Å². The molecule has 1 aliphatic rings. The summed E-state index contributed by atoms with van der Waals surface area (Å²) in [7, 11) is 0. The average molecular weight is 821 g/mol. The van der Waals surface area contributed by atoms with Crippen molar-refractivity contribution >= 4 is 35.2 Å². The Balaban J connectivity index is 1.36. The van der Waals surface area contributed by atoms with Gasteiger partial charge in [0.25, 0.3) is 0 Å². The number of likely N-dealkylation sites (tertiary alicyclic amines) is 1. The van der Waals surface area contributed by atoms with Gasteiger partial charge in [-0.15, -0.1) is 11.3 Å². The summed E-state index contributed by atoms with van der Waals surface area (Å²) in [5.41, 5.74) is 8.88. The lowest BCUT2D eigenvalue weighted by Crippen LogP contribution is -2.57. The molecule has 1 aromatic carbocycles. The van der Waals surface area contributed by atoms with E-state index >= 15 is 0 Å². The normalized spacial score (nSPS) is 16.3. The first-order chi connectivity index (χ1) is 27.0. The van der Waals surface area contributed by atoms with Crippen molar-refractivity contribution in [1.82, 2.24) is 25.4 Å². The van der Waals surface area contributed by atoms with Crippen LogP contribution in [0.15, 0.2) is 29.8 Å². The number of aliphatic hydroxyl groups excluding tert-OH is 1. The number of β-amino-alcohol motifs (C(OH)–C–C–N with tert-alkyl or cyclic N) is 1. The van der Waals surface area contributed by atoms with E-state index < -0.39 is 41.2 Å². The Kier molecular flexibility index (Phi) is 19.8. The molecule has 57 heavy (non-hydrogen) atoms. The van der Waals surface area contributed by atoms with Crippen LogP contribution in [0.1, 0.15) is 65.6 Å². The molecule has 320 valence electrons. The van der Waals surface area contributed by atoms with Gasteiger partial charge in [0.2, 0.25) is 17.7 Å². The first kappa shape index (κ1) is 47.7. The van der Waals surface area contributed by atoms with Gasteiger partial charge in [0.15, 0.2) is 0 Å². The number of carbonyl (C=O) groups excluding carboxylic acids is 4. The fourth-order valence-corrected chi connectivity index (χ4v) is 6.69. The average Bonchev–Trinajstić information content (AvgIpc) is 3.76. The Labute approximate surface area is 341 Å². The number of hydrogen-bond acceptors (Lipinski definition) is 13. The lowest BCUT2D eigenvalue weighted by atomic mass is 9.85. The van der Waals surface area contributed by atoms with E-state index in [-0.39, 0.29) is 57.6 Å². The van der Waals surface area contributed by atoms with E-state index in [9.17, 15) is 24.3 Å². The van der Waals surface area contributed by atoms with Gasteiger partial charge in [0, 0.05) is 45.6 Å². The van der Waals surface area contributed by atoms with Crippen LogP contribution in [0.2, 0.25) is 0 Å². The van der Waals surface area contributed by atoms with Gasteiger partial charge in [-0.2, -0.15) is 0 Å². The molecular weight excluding hydrogens is 757 g/mol. The van der Waals surface area contributed by atoms with Crippen LogP contribution >= 0.6 is 11.3 Å². The number of nitrogens with one attached hydrogen (secondary N) is 2. The van der Waals surface area contributed by atoms with Crippen molar-refractivity contribution in [1.29, 1.82) is 0 Å². The van der Waals surface area contributed by atoms with Gasteiger partial charge >= 0.3 is 6.09 Å². The van der Waals surface area contributed by atoms with Crippen molar-refractivity contribution in [3.05, 3.63) is 41.0 Å². The molecule has 0 radical (unpaired) electrons. The highest BCUT2D eigenvalue weighted by atomic mass is 32.1. The number of ether oxygens (including phenoxy) is 5. The molecule has 3 rings (SSSR count). The van der Waals surface area contributed by atoms with Crippen LogP contribution in [0.3, 0.4) is 0 Å². The standard InChI is InChI=1S/C40H64N6O10S/c1-28-34(57-27-43-28)30-10-8-29(9-11-30)25-42-36(49)32-24-31(47)26-46(32)37(50)35(39(2,3)4)44-33(48)12-16-52-20-22-55-23-21-54-19-15-45(14-18-53-17-13-41)38(51)56-40(5,6)7/h8-11,27,31-32,35,47H,12-26,41H2,1-7H3,(H,42,49)(H,44,48). The van der Waals surface area contributed by atoms with E-state index in [2.05, 4.69) is 15.6 Å². The number of amides is 4. The number of thiazole rings is 1. The largest absolute Gasteiger partial charge is 0.444 e. The minimum absolute atomic E-state index is 0.00794. The SMILES string of the molecule is Cc1ncsc1-c1ccc(CNC(=O)C2CC(O)CN2C(=O)C(NC(=O)CCOCCOCCOCCN(CCOCCN)C(=O)OC(C)(C)C)C(C)(C)C)cc1. The van der Waals surface area contributed by atoms with Crippen LogP contribution in [-0.4, -0.2) is 147 Å². The third-order valence-corrected chi connectivity index (χ3v) is 9.83. The molecule has 2 aromatic rings. The van der Waals surface area contributed by atoms with E-state index in [0.29, 0.717) is 52.7 Å². The number of nitrogens with zero attached hydrogens (tertiary/aromatic N) is 3. The van der Waals surface area contributed by atoms with Gasteiger partial charge in [-0.1, -0.05) is 45.0 Å². The first-order valence-electron chi connectivity index (χ1n) is 19.5. The van der Waals surface area contributed by atoms with Crippen molar-refractivity contribution in [3.8, 4) is 10.4 Å². The van der Waals surface area contributed by atoms with Crippen molar-refractivity contribution in [2.24, 2.45) is 11.1 Å². The van der Waals surface area contributed by atoms with Crippen molar-refractivity contribution in [2.75, 3.05) is 79.0 Å². The van der Waals surface area contributed by atoms with E-state index in [1.165, 1.54) is 9.80 Å². The molecule has 1 fully saturated rings. The van der Waals surface area contributed by atoms with Crippen LogP contribution < -0.4 is 16.4 Å². The lowest BCUT2D eigenvalue weighted by molar-refractivity contribution is -0.144. The van der Waals surface area contributed by atoms with Gasteiger partial charge in [-0.3, -0.25) is 14.4 Å². The fourth-order valence-electron chi connectivity index (χ4n) is 5.88. The molecule has 4 amide bonds. The second kappa shape index (κ2) is 23.6. The van der Waals surface area contributed by atoms with Crippen LogP contribution in [0.4, 0.5) is 4.79 Å². The molecular formula is C40H64N6O10S. The second-order valence-corrected chi connectivity index (χ2v) is 16.8. The summed E-state index contributed by atoms with van der Waals surface area (Å²) in [5.74, 6) is -1.17. The number of hydrogen-bond donors (Lipinski definition) is 4. The molecule has 5 N–H and O–H groups in total. The van der Waals surface area contributed by atoms with Gasteiger partial charge < -0.3 is 55.0 Å². The fraction of sp³-hybridized carbons (Fsp3) is 0.675. The predicted octanol–water partition coefficient (Wildman–Crippen LogP) is 2.88. The summed E-state index contributed by atoms with van der Waals surface area (Å²) in [5, 5.41) is 16.3. The highest BCUT2D eigenvalue weighted by Crippen LogP contribution is 2.28. The van der Waals surface area contributed by atoms with E-state index in [0.717, 1.165) is 21.7 Å². The van der Waals surface area contributed by atoms with Gasteiger partial charge in [-0.25, -0.2) is 9.78 Å². The maximum Gasteiger partial charge on any atom is 0.410 e. The number of benzene rings is 1. The Morgan fingerprint density at radius 1 is 0.930 bits per heavy atom. The molecule has 16 nitrogen and oxygen atoms in total. The van der Waals surface area contributed by atoms with Crippen molar-refractivity contribution in [2.45, 2.75) is 91.6 Å². The summed E-state index contributed by atoms with van der Waals surface area (Å²) in [6.07, 6.45) is -1.19. The summed E-state index contributed by atoms with van der Waals surface area (Å²) >= 11 is 1.57. The Bertz CT molecular complexity index is 1540. The number of aromatic nitrogens is 1. The zero-order chi connectivity index (χ0) is 42.0. The smallest absolute Gasteiger partial charge is 0.410 e. The molecule has 2 heterocycles. The summed E-state index contributed by atoms with van der Waals surface area (Å²) in [6, 6.07) is 6.05. The first-order valence-corrected chi connectivity index (χ1v) is 20.4. The van der Waals surface area contributed by atoms with Crippen LogP contribution in [0, 0.1) is 12.3 Å². The third kappa shape index (κ3) is 17.0. The number of aryl methyl sites for hydroxylation is 1. The van der Waals surface area contributed by atoms with Crippen molar-refractivity contribution in [3.63, 3.8) is 0 Å². The highest BCUT2D eigenvalue weighted by Gasteiger charge is 2.44. The molecule has 0 saturated carbocycles. The Morgan fingerprint density at radius 2 is 1.53 bits per heavy atom. The third-order valence-electron chi connectivity index (χ3n) is 8.85. The summed E-state index contributed by atoms with van der Waals surface area (Å²) < 4.78 is 27.6. The zero-order valence-electron chi connectivity index (χ0n) is 34.7. The second-order valence-electron chi connectivity index (χ2n) is 15.9.